The van der Waals surface area contributed by atoms with Crippen molar-refractivity contribution in [3.05, 3.63) is 55.2 Å². The average Bonchev–Trinajstić information content (AvgIpc) is 3.16. The number of aryl methyl sites for hydroxylation is 1. The Hall–Kier alpha value is -3.67. The molecule has 4 rings (SSSR count). The third kappa shape index (κ3) is 4.60. The van der Waals surface area contributed by atoms with Gasteiger partial charge in [-0.15, -0.1) is 0 Å². The molecule has 0 unspecified atom stereocenters. The summed E-state index contributed by atoms with van der Waals surface area (Å²) in [4.78, 5) is 44.0. The molecule has 0 spiro atoms. The number of hydrogen-bond donors (Lipinski definition) is 2. The van der Waals surface area contributed by atoms with Crippen LogP contribution in [0.3, 0.4) is 0 Å². The number of imidazole rings is 1. The molecule has 2 aromatic heterocycles. The molecule has 1 atom stereocenters. The molecule has 12 nitrogen and oxygen atoms in total. The molecule has 3 heterocycles. The number of aromatic nitrogens is 4. The predicted molar refractivity (Wildman–Crippen MR) is 121 cm³/mol. The zero-order valence-electron chi connectivity index (χ0n) is 18.4. The van der Waals surface area contributed by atoms with E-state index in [0.717, 1.165) is 25.9 Å². The van der Waals surface area contributed by atoms with Gasteiger partial charge >= 0.3 is 5.69 Å². The highest BCUT2D eigenvalue weighted by atomic mass is 16.6. The van der Waals surface area contributed by atoms with Crippen molar-refractivity contribution in [1.29, 1.82) is 0 Å². The number of rotatable bonds is 7. The third-order valence-corrected chi connectivity index (χ3v) is 5.94. The van der Waals surface area contributed by atoms with Crippen LogP contribution >= 0.6 is 0 Å². The van der Waals surface area contributed by atoms with Gasteiger partial charge in [-0.1, -0.05) is 6.92 Å². The number of anilines is 1. The van der Waals surface area contributed by atoms with E-state index in [2.05, 4.69) is 21.8 Å². The lowest BCUT2D eigenvalue weighted by molar-refractivity contribution is -0.384. The molecular formula is C21H26N6O6. The maximum atomic E-state index is 12.7. The minimum Gasteiger partial charge on any atom is -0.491 e. The van der Waals surface area contributed by atoms with E-state index in [1.54, 1.807) is 4.57 Å². The lowest BCUT2D eigenvalue weighted by Gasteiger charge is -2.31. The van der Waals surface area contributed by atoms with E-state index in [0.29, 0.717) is 17.6 Å². The van der Waals surface area contributed by atoms with Gasteiger partial charge in [-0.05, 0) is 30.9 Å². The Bertz CT molecular complexity index is 1270. The van der Waals surface area contributed by atoms with E-state index in [9.17, 15) is 24.8 Å². The number of nitrogens with zero attached hydrogens (tertiary/aromatic N) is 5. The molecule has 0 amide bonds. The minimum absolute atomic E-state index is 0.0200. The van der Waals surface area contributed by atoms with Crippen molar-refractivity contribution in [3.63, 3.8) is 0 Å². The normalized spacial score (nSPS) is 15.7. The maximum absolute atomic E-state index is 12.7. The van der Waals surface area contributed by atoms with Crippen LogP contribution in [0.5, 0.6) is 5.75 Å². The minimum atomic E-state index is -1.00. The number of nitrogens with one attached hydrogen (secondary N) is 1. The molecule has 2 N–H and O–H groups in total. The van der Waals surface area contributed by atoms with Crippen molar-refractivity contribution in [2.24, 2.45) is 13.0 Å². The number of aromatic amines is 1. The van der Waals surface area contributed by atoms with Crippen molar-refractivity contribution >= 4 is 22.8 Å². The molecule has 1 saturated heterocycles. The Morgan fingerprint density at radius 2 is 1.94 bits per heavy atom. The van der Waals surface area contributed by atoms with E-state index in [-0.39, 0.29) is 30.0 Å². The zero-order chi connectivity index (χ0) is 23.7. The number of non-ortho nitro benzene ring substituents is 1. The van der Waals surface area contributed by atoms with E-state index in [4.69, 9.17) is 4.74 Å². The van der Waals surface area contributed by atoms with Crippen molar-refractivity contribution in [2.75, 3.05) is 24.6 Å². The number of aliphatic hydroxyl groups is 1. The summed E-state index contributed by atoms with van der Waals surface area (Å²) in [5.74, 6) is 1.49. The molecule has 1 aromatic carbocycles. The molecule has 1 aliphatic rings. The highest BCUT2D eigenvalue weighted by Gasteiger charge is 2.25. The van der Waals surface area contributed by atoms with Crippen molar-refractivity contribution in [2.45, 2.75) is 32.4 Å². The Morgan fingerprint density at radius 3 is 2.58 bits per heavy atom. The smallest absolute Gasteiger partial charge is 0.329 e. The number of hydrogen-bond acceptors (Lipinski definition) is 8. The first kappa shape index (κ1) is 22.5. The Kier molecular flexibility index (Phi) is 6.18. The molecule has 176 valence electrons. The van der Waals surface area contributed by atoms with Crippen LogP contribution in [0.1, 0.15) is 19.8 Å². The first-order chi connectivity index (χ1) is 15.7. The van der Waals surface area contributed by atoms with Crippen LogP contribution in [-0.4, -0.2) is 54.9 Å². The Morgan fingerprint density at radius 1 is 1.27 bits per heavy atom. The van der Waals surface area contributed by atoms with Crippen molar-refractivity contribution < 1.29 is 14.8 Å². The van der Waals surface area contributed by atoms with Gasteiger partial charge in [-0.25, -0.2) is 4.79 Å². The van der Waals surface area contributed by atoms with E-state index in [1.165, 1.54) is 35.9 Å². The topological polar surface area (TPSA) is 149 Å². The second-order valence-corrected chi connectivity index (χ2v) is 8.40. The number of benzene rings is 1. The molecule has 1 fully saturated rings. The molecule has 1 aliphatic heterocycles. The van der Waals surface area contributed by atoms with Crippen LogP contribution in [0.4, 0.5) is 11.6 Å². The molecule has 0 saturated carbocycles. The summed E-state index contributed by atoms with van der Waals surface area (Å²) >= 11 is 0. The van der Waals surface area contributed by atoms with Gasteiger partial charge in [0.05, 0.1) is 11.5 Å². The van der Waals surface area contributed by atoms with E-state index >= 15 is 0 Å². The van der Waals surface area contributed by atoms with Gasteiger partial charge in [0.15, 0.2) is 11.2 Å². The average molecular weight is 458 g/mol. The number of aliphatic hydroxyl groups excluding tert-OH is 1. The summed E-state index contributed by atoms with van der Waals surface area (Å²) in [6.45, 7) is 3.62. The number of piperidine rings is 1. The lowest BCUT2D eigenvalue weighted by Crippen LogP contribution is -2.36. The van der Waals surface area contributed by atoms with Crippen LogP contribution in [0, 0.1) is 16.0 Å². The summed E-state index contributed by atoms with van der Waals surface area (Å²) in [6, 6.07) is 5.55. The quantitative estimate of drug-likeness (QED) is 0.394. The van der Waals surface area contributed by atoms with Gasteiger partial charge in [0.2, 0.25) is 5.95 Å². The highest BCUT2D eigenvalue weighted by Crippen LogP contribution is 2.25. The van der Waals surface area contributed by atoms with Crippen LogP contribution in [0.15, 0.2) is 33.9 Å². The fourth-order valence-corrected chi connectivity index (χ4v) is 3.97. The van der Waals surface area contributed by atoms with Crippen molar-refractivity contribution in [1.82, 2.24) is 19.1 Å². The molecule has 0 radical (unpaired) electrons. The van der Waals surface area contributed by atoms with Gasteiger partial charge in [-0.2, -0.15) is 4.98 Å². The maximum Gasteiger partial charge on any atom is 0.329 e. The number of H-pyrrole nitrogens is 1. The third-order valence-electron chi connectivity index (χ3n) is 5.94. The Labute approximate surface area is 188 Å². The molecule has 0 aliphatic carbocycles. The molecule has 33 heavy (non-hydrogen) atoms. The lowest BCUT2D eigenvalue weighted by atomic mass is 10.00. The highest BCUT2D eigenvalue weighted by molar-refractivity contribution is 5.74. The standard InChI is InChI=1S/C21H26N6O6/c1-13-7-9-25(10-8-13)20-22-18-17(19(29)23-21(30)24(18)2)26(20)11-15(28)12-33-16-5-3-14(4-6-16)27(31)32/h3-6,13,15,28H,7-12H2,1-2H3,(H,23,29,30)/t15-/m0/s1. The largest absolute Gasteiger partial charge is 0.491 e. The van der Waals surface area contributed by atoms with Crippen LogP contribution in [0.2, 0.25) is 0 Å². The fourth-order valence-electron chi connectivity index (χ4n) is 3.97. The monoisotopic (exact) mass is 458 g/mol. The first-order valence-corrected chi connectivity index (χ1v) is 10.7. The van der Waals surface area contributed by atoms with Gasteiger partial charge in [-0.3, -0.25) is 24.5 Å². The Balaban J connectivity index is 1.60. The zero-order valence-corrected chi connectivity index (χ0v) is 18.4. The number of nitro benzene ring substituents is 1. The SMILES string of the molecule is CC1CCN(c2nc3c(c(=O)[nH]c(=O)n3C)n2C[C@H](O)COc2ccc([N+](=O)[O-])cc2)CC1. The summed E-state index contributed by atoms with van der Waals surface area (Å²) in [5.41, 5.74) is -0.724. The summed E-state index contributed by atoms with van der Waals surface area (Å²) in [6.07, 6.45) is 0.950. The number of ether oxygens (including phenoxy) is 1. The van der Waals surface area contributed by atoms with Crippen molar-refractivity contribution in [3.8, 4) is 5.75 Å². The number of fused-ring (bicyclic) bond motifs is 1. The summed E-state index contributed by atoms with van der Waals surface area (Å²) in [7, 11) is 1.54. The van der Waals surface area contributed by atoms with Gasteiger partial charge in [0, 0.05) is 32.3 Å². The van der Waals surface area contributed by atoms with Gasteiger partial charge < -0.3 is 19.3 Å². The molecule has 12 heteroatoms. The second-order valence-electron chi connectivity index (χ2n) is 8.40. The second kappa shape index (κ2) is 9.06. The fraction of sp³-hybridized carbons (Fsp3) is 0.476. The molecule has 0 bridgehead atoms. The van der Waals surface area contributed by atoms with Gasteiger partial charge in [0.1, 0.15) is 18.5 Å². The summed E-state index contributed by atoms with van der Waals surface area (Å²) in [5, 5.41) is 21.5. The van der Waals surface area contributed by atoms with Crippen LogP contribution in [0.25, 0.3) is 11.2 Å². The molecule has 3 aromatic rings. The first-order valence-electron chi connectivity index (χ1n) is 10.7. The van der Waals surface area contributed by atoms with E-state index in [1.807, 2.05) is 0 Å². The van der Waals surface area contributed by atoms with Crippen LogP contribution in [-0.2, 0) is 13.6 Å². The summed E-state index contributed by atoms with van der Waals surface area (Å²) < 4.78 is 8.49. The van der Waals surface area contributed by atoms with Gasteiger partial charge in [0.25, 0.3) is 11.2 Å². The number of nitro groups is 1. The predicted octanol–water partition coefficient (Wildman–Crippen LogP) is 1.01. The molecular weight excluding hydrogens is 432 g/mol. The van der Waals surface area contributed by atoms with E-state index < -0.39 is 22.3 Å². The van der Waals surface area contributed by atoms with Crippen LogP contribution < -0.4 is 20.9 Å².